The Hall–Kier alpha value is -4.03. The molecular weight excluding hydrogens is 636 g/mol. The molecule has 236 valence electrons. The second kappa shape index (κ2) is 12.8. The van der Waals surface area contributed by atoms with Gasteiger partial charge in [-0.1, -0.05) is 6.07 Å². The number of carbonyl (C=O) groups excluding carboxylic acids is 3. The highest BCUT2D eigenvalue weighted by Crippen LogP contribution is 2.31. The number of nitrogens with zero attached hydrogens (tertiary/aromatic N) is 6. The maximum Gasteiger partial charge on any atom is 0.248 e. The number of anilines is 1. The first-order chi connectivity index (χ1) is 21.2. The summed E-state index contributed by atoms with van der Waals surface area (Å²) in [6.45, 7) is 14.3. The molecule has 1 aliphatic heterocycles. The van der Waals surface area contributed by atoms with Crippen LogP contribution in [-0.2, 0) is 16.1 Å². The number of hydrogen-bond donors (Lipinski definition) is 2. The third-order valence-corrected chi connectivity index (χ3v) is 8.45. The average Bonchev–Trinajstić information content (AvgIpc) is 3.56. The molecule has 2 atom stereocenters. The summed E-state index contributed by atoms with van der Waals surface area (Å²) < 4.78 is 2.20. The molecule has 2 N–H and O–H groups in total. The zero-order valence-electron chi connectivity index (χ0n) is 26.7. The van der Waals surface area contributed by atoms with Crippen molar-refractivity contribution in [3.63, 3.8) is 0 Å². The van der Waals surface area contributed by atoms with Crippen LogP contribution >= 0.6 is 15.9 Å². The van der Waals surface area contributed by atoms with Crippen LogP contribution in [0.2, 0.25) is 0 Å². The first kappa shape index (κ1) is 32.4. The molecule has 0 saturated carbocycles. The van der Waals surface area contributed by atoms with E-state index >= 15 is 0 Å². The van der Waals surface area contributed by atoms with Crippen LogP contribution in [0, 0.1) is 26.7 Å². The molecule has 0 bridgehead atoms. The monoisotopic (exact) mass is 674 g/mol. The van der Waals surface area contributed by atoms with Crippen molar-refractivity contribution in [1.29, 1.82) is 0 Å². The van der Waals surface area contributed by atoms with Crippen molar-refractivity contribution in [3.05, 3.63) is 63.9 Å². The predicted molar refractivity (Wildman–Crippen MR) is 177 cm³/mol. The van der Waals surface area contributed by atoms with Crippen LogP contribution in [0.3, 0.4) is 0 Å². The smallest absolute Gasteiger partial charge is 0.248 e. The molecule has 1 saturated heterocycles. The van der Waals surface area contributed by atoms with E-state index < -0.39 is 6.04 Å². The second-order valence-electron chi connectivity index (χ2n) is 12.9. The molecule has 12 heteroatoms. The molecule has 1 fully saturated rings. The van der Waals surface area contributed by atoms with Gasteiger partial charge in [0.25, 0.3) is 0 Å². The lowest BCUT2D eigenvalue weighted by molar-refractivity contribution is -0.137. The maximum atomic E-state index is 14.0. The molecule has 45 heavy (non-hydrogen) atoms. The summed E-state index contributed by atoms with van der Waals surface area (Å²) in [6, 6.07) is 6.88. The number of benzene rings is 1. The Labute approximate surface area is 271 Å². The molecule has 2 amide bonds. The number of amides is 2. The van der Waals surface area contributed by atoms with Crippen LogP contribution in [0.4, 0.5) is 5.82 Å². The number of fused-ring (bicyclic) bond motifs is 1. The Morgan fingerprint density at radius 3 is 2.40 bits per heavy atom. The predicted octanol–water partition coefficient (Wildman–Crippen LogP) is 5.02. The second-order valence-corrected chi connectivity index (χ2v) is 13.7. The zero-order valence-corrected chi connectivity index (χ0v) is 28.3. The number of Topliss-reactive ketones (excluding diaryl/α,β-unsaturated/α-hetero) is 1. The van der Waals surface area contributed by atoms with Crippen LogP contribution in [0.25, 0.3) is 22.0 Å². The van der Waals surface area contributed by atoms with Gasteiger partial charge in [0, 0.05) is 48.9 Å². The maximum absolute atomic E-state index is 14.0. The number of rotatable bonds is 8. The van der Waals surface area contributed by atoms with Gasteiger partial charge in [-0.15, -0.1) is 0 Å². The number of ketones is 1. The Morgan fingerprint density at radius 1 is 1.02 bits per heavy atom. The fourth-order valence-electron chi connectivity index (χ4n) is 5.71. The quantitative estimate of drug-likeness (QED) is 0.196. The Kier molecular flexibility index (Phi) is 9.18. The third-order valence-electron chi connectivity index (χ3n) is 8.00. The van der Waals surface area contributed by atoms with Gasteiger partial charge < -0.3 is 15.5 Å². The van der Waals surface area contributed by atoms with Crippen LogP contribution in [0.1, 0.15) is 61.6 Å². The molecule has 1 aliphatic rings. The Bertz CT molecular complexity index is 1780. The van der Waals surface area contributed by atoms with Gasteiger partial charge in [0.1, 0.15) is 34.5 Å². The molecule has 1 aromatic carbocycles. The minimum Gasteiger partial charge on any atom is -0.329 e. The van der Waals surface area contributed by atoms with Crippen molar-refractivity contribution in [2.75, 3.05) is 18.4 Å². The highest BCUT2D eigenvalue weighted by molar-refractivity contribution is 9.10. The van der Waals surface area contributed by atoms with Crippen molar-refractivity contribution in [2.24, 2.45) is 5.92 Å². The Balaban J connectivity index is 1.46. The van der Waals surface area contributed by atoms with Crippen molar-refractivity contribution < 1.29 is 14.4 Å². The van der Waals surface area contributed by atoms with Crippen LogP contribution < -0.4 is 10.6 Å². The number of carbonyl (C=O) groups is 3. The third kappa shape index (κ3) is 7.28. The average molecular weight is 676 g/mol. The molecule has 4 aromatic rings. The lowest BCUT2D eigenvalue weighted by Crippen LogP contribution is -2.45. The van der Waals surface area contributed by atoms with Crippen molar-refractivity contribution in [3.8, 4) is 11.1 Å². The van der Waals surface area contributed by atoms with Crippen molar-refractivity contribution in [2.45, 2.75) is 73.0 Å². The zero-order chi connectivity index (χ0) is 32.6. The van der Waals surface area contributed by atoms with E-state index in [9.17, 15) is 14.4 Å². The van der Waals surface area contributed by atoms with Gasteiger partial charge in [0.2, 0.25) is 11.8 Å². The normalized spacial score (nSPS) is 16.8. The first-order valence-electron chi connectivity index (χ1n) is 15.0. The summed E-state index contributed by atoms with van der Waals surface area (Å²) >= 11 is 3.37. The number of halogens is 1. The van der Waals surface area contributed by atoms with Crippen LogP contribution in [0.5, 0.6) is 0 Å². The molecule has 0 spiro atoms. The number of likely N-dealkylation sites (tertiary alicyclic amines) is 1. The highest BCUT2D eigenvalue weighted by Gasteiger charge is 2.40. The van der Waals surface area contributed by atoms with E-state index in [-0.39, 0.29) is 41.3 Å². The van der Waals surface area contributed by atoms with E-state index in [1.165, 1.54) is 6.92 Å². The van der Waals surface area contributed by atoms with E-state index in [0.717, 1.165) is 22.3 Å². The number of pyridine rings is 1. The summed E-state index contributed by atoms with van der Waals surface area (Å²) in [5.74, 6) is 0.455. The lowest BCUT2D eigenvalue weighted by Gasteiger charge is -2.25. The molecule has 11 nitrogen and oxygen atoms in total. The lowest BCUT2D eigenvalue weighted by atomic mass is 10.0. The van der Waals surface area contributed by atoms with Gasteiger partial charge in [-0.3, -0.25) is 19.1 Å². The Morgan fingerprint density at radius 2 is 1.73 bits per heavy atom. The fraction of sp³-hybridized carbons (Fsp3) is 0.424. The highest BCUT2D eigenvalue weighted by atomic mass is 79.9. The molecule has 0 aliphatic carbocycles. The summed E-state index contributed by atoms with van der Waals surface area (Å²) in [6.07, 6.45) is 4.01. The molecule has 0 radical (unpaired) electrons. The largest absolute Gasteiger partial charge is 0.329 e. The van der Waals surface area contributed by atoms with Crippen molar-refractivity contribution >= 4 is 50.2 Å². The summed E-state index contributed by atoms with van der Waals surface area (Å²) in [7, 11) is 0. The number of hydrogen-bond acceptors (Lipinski definition) is 8. The van der Waals surface area contributed by atoms with Gasteiger partial charge in [0.15, 0.2) is 5.78 Å². The van der Waals surface area contributed by atoms with Crippen LogP contribution in [0.15, 0.2) is 41.3 Å². The summed E-state index contributed by atoms with van der Waals surface area (Å²) in [4.78, 5) is 55.1. The van der Waals surface area contributed by atoms with E-state index in [2.05, 4.69) is 67.4 Å². The summed E-state index contributed by atoms with van der Waals surface area (Å²) in [5, 5.41) is 11.7. The molecule has 4 heterocycles. The molecule has 2 unspecified atom stereocenters. The van der Waals surface area contributed by atoms with E-state index in [0.29, 0.717) is 46.7 Å². The summed E-state index contributed by atoms with van der Waals surface area (Å²) in [5.41, 5.74) is 4.23. The standard InChI is InChI=1S/C33H39BrN8O3/c1-18-8-9-27(34)38-31(18)39-32(45)26-11-22(13-37-33(5,6)7)16-41(26)28(44)17-42-30-19(2)10-23(24-14-35-21(4)36-15-24)12-25(30)29(40-42)20(3)43/h8-10,12,14-15,22,26,37H,11,13,16-17H2,1-7H3,(H,38,39,45). The molecular formula is C33H39BrN8O3. The van der Waals surface area contributed by atoms with Crippen molar-refractivity contribution in [1.82, 2.24) is 34.9 Å². The van der Waals surface area contributed by atoms with Gasteiger partial charge in [-0.2, -0.15) is 5.10 Å². The number of aromatic nitrogens is 5. The van der Waals surface area contributed by atoms with E-state index in [1.54, 1.807) is 22.0 Å². The van der Waals surface area contributed by atoms with E-state index in [4.69, 9.17) is 0 Å². The van der Waals surface area contributed by atoms with E-state index in [1.807, 2.05) is 45.0 Å². The van der Waals surface area contributed by atoms with Crippen LogP contribution in [-0.4, -0.2) is 71.9 Å². The van der Waals surface area contributed by atoms with Gasteiger partial charge in [-0.25, -0.2) is 15.0 Å². The van der Waals surface area contributed by atoms with Gasteiger partial charge in [-0.05, 0) is 105 Å². The molecule has 5 rings (SSSR count). The number of nitrogens with one attached hydrogen (secondary N) is 2. The fourth-order valence-corrected chi connectivity index (χ4v) is 6.02. The first-order valence-corrected chi connectivity index (χ1v) is 15.8. The van der Waals surface area contributed by atoms with Gasteiger partial charge >= 0.3 is 0 Å². The minimum atomic E-state index is -0.687. The minimum absolute atomic E-state index is 0.0728. The van der Waals surface area contributed by atoms with Gasteiger partial charge in [0.05, 0.1) is 5.52 Å². The number of aryl methyl sites for hydroxylation is 3. The topological polar surface area (TPSA) is 135 Å². The SMILES string of the molecule is CC(=O)c1nn(CC(=O)N2CC(CNC(C)(C)C)CC2C(=O)Nc2nc(Br)ccc2C)c2c(C)cc(-c3cnc(C)nc3)cc12. The molecule has 3 aromatic heterocycles.